The van der Waals surface area contributed by atoms with E-state index in [2.05, 4.69) is 6.07 Å². The Hall–Kier alpha value is -3.11. The first-order valence-electron chi connectivity index (χ1n) is 6.27. The van der Waals surface area contributed by atoms with Gasteiger partial charge < -0.3 is 4.74 Å². The second-order valence-corrected chi connectivity index (χ2v) is 4.64. The predicted molar refractivity (Wildman–Crippen MR) is 77.2 cm³/mol. The Morgan fingerprint density at radius 2 is 1.71 bits per heavy atom. The van der Waals surface area contributed by atoms with E-state index in [4.69, 9.17) is 15.3 Å². The topological polar surface area (TPSA) is 73.9 Å². The molecule has 0 unspecified atom stereocenters. The summed E-state index contributed by atoms with van der Waals surface area (Å²) in [6.45, 7) is 3.68. The van der Waals surface area contributed by atoms with Gasteiger partial charge in [-0.05, 0) is 55.3 Å². The lowest BCUT2D eigenvalue weighted by Gasteiger charge is -2.13. The maximum atomic E-state index is 10.7. The number of aryl methyl sites for hydroxylation is 2. The number of aldehydes is 1. The molecular formula is C17H12N2O2. The summed E-state index contributed by atoms with van der Waals surface area (Å²) < 4.78 is 5.81. The van der Waals surface area contributed by atoms with E-state index in [9.17, 15) is 4.79 Å². The molecule has 0 aliphatic heterocycles. The van der Waals surface area contributed by atoms with E-state index in [0.29, 0.717) is 34.5 Å². The molecule has 0 heterocycles. The minimum absolute atomic E-state index is 0.294. The molecule has 0 N–H and O–H groups in total. The number of nitrogens with zero attached hydrogens (tertiary/aromatic N) is 2. The number of ether oxygens (including phenoxy) is 1. The van der Waals surface area contributed by atoms with Crippen molar-refractivity contribution in [3.63, 3.8) is 0 Å². The normalized spacial score (nSPS) is 9.52. The highest BCUT2D eigenvalue weighted by Crippen LogP contribution is 2.31. The fourth-order valence-corrected chi connectivity index (χ4v) is 2.08. The van der Waals surface area contributed by atoms with Crippen molar-refractivity contribution in [2.24, 2.45) is 0 Å². The van der Waals surface area contributed by atoms with E-state index < -0.39 is 0 Å². The Kier molecular flexibility index (Phi) is 4.02. The van der Waals surface area contributed by atoms with Crippen molar-refractivity contribution in [3.8, 4) is 23.6 Å². The number of hydrogen-bond donors (Lipinski definition) is 0. The zero-order valence-electron chi connectivity index (χ0n) is 11.7. The van der Waals surface area contributed by atoms with Crippen LogP contribution in [0.2, 0.25) is 0 Å². The van der Waals surface area contributed by atoms with Crippen molar-refractivity contribution < 1.29 is 9.53 Å². The maximum Gasteiger partial charge on any atom is 0.150 e. The molecule has 2 rings (SSSR count). The molecule has 0 radical (unpaired) electrons. The highest BCUT2D eigenvalue weighted by Gasteiger charge is 2.11. The molecule has 0 spiro atoms. The van der Waals surface area contributed by atoms with Crippen LogP contribution < -0.4 is 4.74 Å². The fraction of sp³-hybridized carbons (Fsp3) is 0.118. The van der Waals surface area contributed by atoms with Crippen LogP contribution >= 0.6 is 0 Å². The average Bonchev–Trinajstić information content (AvgIpc) is 2.50. The van der Waals surface area contributed by atoms with Gasteiger partial charge in [-0.15, -0.1) is 0 Å². The summed E-state index contributed by atoms with van der Waals surface area (Å²) in [5.74, 6) is 1.00. The van der Waals surface area contributed by atoms with Crippen molar-refractivity contribution in [2.75, 3.05) is 0 Å². The number of hydrogen-bond acceptors (Lipinski definition) is 4. The number of carbonyl (C=O) groups is 1. The highest BCUT2D eigenvalue weighted by molar-refractivity contribution is 5.76. The molecule has 0 aliphatic rings. The first kappa shape index (κ1) is 14.3. The van der Waals surface area contributed by atoms with Crippen LogP contribution in [0.4, 0.5) is 0 Å². The van der Waals surface area contributed by atoms with Crippen molar-refractivity contribution >= 4 is 6.29 Å². The summed E-state index contributed by atoms with van der Waals surface area (Å²) in [4.78, 5) is 10.7. The molecule has 21 heavy (non-hydrogen) atoms. The zero-order valence-corrected chi connectivity index (χ0v) is 11.7. The molecule has 0 aromatic heterocycles. The molecule has 4 heteroatoms. The van der Waals surface area contributed by atoms with Gasteiger partial charge in [0.1, 0.15) is 23.9 Å². The number of rotatable bonds is 3. The summed E-state index contributed by atoms with van der Waals surface area (Å²) >= 11 is 0. The van der Waals surface area contributed by atoms with Crippen LogP contribution in [0.15, 0.2) is 30.3 Å². The van der Waals surface area contributed by atoms with E-state index in [0.717, 1.165) is 11.1 Å². The van der Waals surface area contributed by atoms with E-state index in [1.807, 2.05) is 19.9 Å². The largest absolute Gasteiger partial charge is 0.455 e. The molecule has 0 bridgehead atoms. The molecular weight excluding hydrogens is 264 g/mol. The van der Waals surface area contributed by atoms with Crippen molar-refractivity contribution in [1.82, 2.24) is 0 Å². The molecule has 2 aromatic carbocycles. The van der Waals surface area contributed by atoms with E-state index in [-0.39, 0.29) is 0 Å². The summed E-state index contributed by atoms with van der Waals surface area (Å²) in [7, 11) is 0. The zero-order chi connectivity index (χ0) is 15.4. The number of carbonyl (C=O) groups excluding carboxylic acids is 1. The van der Waals surface area contributed by atoms with Crippen LogP contribution in [0.5, 0.6) is 11.5 Å². The van der Waals surface area contributed by atoms with Gasteiger partial charge in [-0.1, -0.05) is 0 Å². The lowest BCUT2D eigenvalue weighted by Crippen LogP contribution is -1.95. The molecule has 0 fully saturated rings. The third-order valence-corrected chi connectivity index (χ3v) is 3.06. The summed E-state index contributed by atoms with van der Waals surface area (Å²) in [5.41, 5.74) is 2.91. The third kappa shape index (κ3) is 2.91. The Bertz CT molecular complexity index is 772. The molecule has 102 valence electrons. The van der Waals surface area contributed by atoms with Gasteiger partial charge in [0.25, 0.3) is 0 Å². The molecule has 0 amide bonds. The monoisotopic (exact) mass is 276 g/mol. The van der Waals surface area contributed by atoms with Crippen LogP contribution in [0, 0.1) is 36.5 Å². The second kappa shape index (κ2) is 5.90. The Morgan fingerprint density at radius 3 is 2.24 bits per heavy atom. The maximum absolute atomic E-state index is 10.7. The average molecular weight is 276 g/mol. The van der Waals surface area contributed by atoms with Crippen molar-refractivity contribution in [1.29, 1.82) is 10.5 Å². The lowest BCUT2D eigenvalue weighted by molar-refractivity contribution is 0.112. The van der Waals surface area contributed by atoms with Crippen LogP contribution in [-0.4, -0.2) is 6.29 Å². The van der Waals surface area contributed by atoms with Gasteiger partial charge in [0.05, 0.1) is 17.2 Å². The molecule has 2 aromatic rings. The van der Waals surface area contributed by atoms with Crippen molar-refractivity contribution in [2.45, 2.75) is 13.8 Å². The minimum Gasteiger partial charge on any atom is -0.455 e. The predicted octanol–water partition coefficient (Wildman–Crippen LogP) is 3.65. The number of benzene rings is 2. The smallest absolute Gasteiger partial charge is 0.150 e. The third-order valence-electron chi connectivity index (χ3n) is 3.06. The van der Waals surface area contributed by atoms with Crippen LogP contribution in [0.25, 0.3) is 0 Å². The Labute approximate surface area is 122 Å². The second-order valence-electron chi connectivity index (χ2n) is 4.64. The van der Waals surface area contributed by atoms with Crippen LogP contribution in [-0.2, 0) is 0 Å². The molecule has 0 atom stereocenters. The molecule has 4 nitrogen and oxygen atoms in total. The molecule has 0 saturated heterocycles. The van der Waals surface area contributed by atoms with Gasteiger partial charge in [-0.3, -0.25) is 4.79 Å². The quantitative estimate of drug-likeness (QED) is 0.802. The van der Waals surface area contributed by atoms with Gasteiger partial charge in [0.15, 0.2) is 0 Å². The standard InChI is InChI=1S/C17H12N2O2/c1-11-5-14(8-18)6-12(2)17(11)21-16-4-3-13(10-20)7-15(16)9-19/h3-7,10H,1-2H3. The SMILES string of the molecule is Cc1cc(C#N)cc(C)c1Oc1ccc(C=O)cc1C#N. The van der Waals surface area contributed by atoms with Gasteiger partial charge in [0.2, 0.25) is 0 Å². The first-order valence-corrected chi connectivity index (χ1v) is 6.27. The van der Waals surface area contributed by atoms with Gasteiger partial charge in [-0.25, -0.2) is 0 Å². The van der Waals surface area contributed by atoms with E-state index >= 15 is 0 Å². The van der Waals surface area contributed by atoms with Crippen LogP contribution in [0.3, 0.4) is 0 Å². The van der Waals surface area contributed by atoms with Gasteiger partial charge >= 0.3 is 0 Å². The van der Waals surface area contributed by atoms with E-state index in [1.165, 1.54) is 6.07 Å². The first-order chi connectivity index (χ1) is 10.1. The Morgan fingerprint density at radius 1 is 1.05 bits per heavy atom. The fourth-order valence-electron chi connectivity index (χ4n) is 2.08. The van der Waals surface area contributed by atoms with Crippen LogP contribution in [0.1, 0.15) is 32.6 Å². The highest BCUT2D eigenvalue weighted by atomic mass is 16.5. The lowest BCUT2D eigenvalue weighted by atomic mass is 10.1. The van der Waals surface area contributed by atoms with Crippen molar-refractivity contribution in [3.05, 3.63) is 58.1 Å². The summed E-state index contributed by atoms with van der Waals surface area (Å²) in [6.07, 6.45) is 0.683. The minimum atomic E-state index is 0.294. The van der Waals surface area contributed by atoms with Gasteiger partial charge in [0, 0.05) is 5.56 Å². The number of nitriles is 2. The summed E-state index contributed by atoms with van der Waals surface area (Å²) in [5, 5.41) is 18.1. The molecule has 0 saturated carbocycles. The Balaban J connectivity index is 2.47. The summed E-state index contributed by atoms with van der Waals surface area (Å²) in [6, 6.07) is 12.2. The molecule has 0 aliphatic carbocycles. The van der Waals surface area contributed by atoms with E-state index in [1.54, 1.807) is 24.3 Å². The van der Waals surface area contributed by atoms with Gasteiger partial charge in [-0.2, -0.15) is 10.5 Å².